The van der Waals surface area contributed by atoms with Gasteiger partial charge in [-0.3, -0.25) is 4.79 Å². The number of phenolic OH excluding ortho intramolecular Hbond substituents is 1. The molecule has 1 rings (SSSR count). The third-order valence-corrected chi connectivity index (χ3v) is 2.89. The molecule has 0 heterocycles. The molecule has 5 nitrogen and oxygen atoms in total. The van der Waals surface area contributed by atoms with Crippen molar-refractivity contribution in [2.45, 2.75) is 0 Å². The summed E-state index contributed by atoms with van der Waals surface area (Å²) in [5, 5.41) is 20.6. The van der Waals surface area contributed by atoms with Crippen LogP contribution in [0.25, 0.3) is 0 Å². The zero-order valence-electron chi connectivity index (χ0n) is 9.15. The average Bonchev–Trinajstić information content (AvgIpc) is 2.32. The van der Waals surface area contributed by atoms with E-state index in [1.807, 2.05) is 22.6 Å². The highest BCUT2D eigenvalue weighted by Crippen LogP contribution is 2.20. The molecule has 17 heavy (non-hydrogen) atoms. The molecular weight excluding hydrogens is 337 g/mol. The van der Waals surface area contributed by atoms with Gasteiger partial charge in [-0.2, -0.15) is 0 Å². The molecule has 94 valence electrons. The molecule has 0 aromatic heterocycles. The molecule has 3 N–H and O–H groups in total. The third-order valence-electron chi connectivity index (χ3n) is 1.98. The van der Waals surface area contributed by atoms with E-state index in [-0.39, 0.29) is 24.9 Å². The molecular formula is C11H14INO4. The number of rotatable bonds is 6. The first-order valence-corrected chi connectivity index (χ1v) is 6.18. The van der Waals surface area contributed by atoms with E-state index in [0.717, 1.165) is 0 Å². The van der Waals surface area contributed by atoms with Crippen LogP contribution in [0.1, 0.15) is 10.4 Å². The lowest BCUT2D eigenvalue weighted by atomic mass is 10.2. The monoisotopic (exact) mass is 351 g/mol. The number of amides is 1. The highest BCUT2D eigenvalue weighted by molar-refractivity contribution is 14.1. The number of carbonyl (C=O) groups is 1. The van der Waals surface area contributed by atoms with E-state index < -0.39 is 0 Å². The van der Waals surface area contributed by atoms with Crippen molar-refractivity contribution in [2.24, 2.45) is 0 Å². The van der Waals surface area contributed by atoms with Crippen molar-refractivity contribution in [3.8, 4) is 5.75 Å². The molecule has 1 amide bonds. The maximum atomic E-state index is 11.6. The third kappa shape index (κ3) is 4.88. The van der Waals surface area contributed by atoms with Gasteiger partial charge in [0.05, 0.1) is 23.4 Å². The molecule has 0 bridgehead atoms. The Morgan fingerprint density at radius 3 is 2.82 bits per heavy atom. The number of aromatic hydroxyl groups is 1. The number of aliphatic hydroxyl groups excluding tert-OH is 1. The molecule has 6 heteroatoms. The summed E-state index contributed by atoms with van der Waals surface area (Å²) < 4.78 is 5.70. The van der Waals surface area contributed by atoms with Crippen molar-refractivity contribution in [3.05, 3.63) is 27.3 Å². The van der Waals surface area contributed by atoms with Gasteiger partial charge < -0.3 is 20.3 Å². The number of phenols is 1. The van der Waals surface area contributed by atoms with Gasteiger partial charge in [0.15, 0.2) is 0 Å². The van der Waals surface area contributed by atoms with Gasteiger partial charge in [0.25, 0.3) is 5.91 Å². The Morgan fingerprint density at radius 2 is 2.18 bits per heavy atom. The first-order valence-electron chi connectivity index (χ1n) is 5.10. The van der Waals surface area contributed by atoms with Crippen LogP contribution in [0, 0.1) is 3.57 Å². The van der Waals surface area contributed by atoms with Gasteiger partial charge in [0.1, 0.15) is 5.75 Å². The Bertz CT molecular complexity index is 384. The molecule has 0 radical (unpaired) electrons. The van der Waals surface area contributed by atoms with Gasteiger partial charge in [-0.15, -0.1) is 0 Å². The molecule has 0 aliphatic carbocycles. The van der Waals surface area contributed by atoms with Crippen LogP contribution < -0.4 is 5.32 Å². The number of ether oxygens (including phenoxy) is 1. The molecule has 0 fully saturated rings. The van der Waals surface area contributed by atoms with Crippen LogP contribution in [0.5, 0.6) is 5.75 Å². The SMILES string of the molecule is O=C(NCCOCCO)c1ccc(I)c(O)c1. The second-order valence-corrected chi connectivity index (χ2v) is 4.42. The summed E-state index contributed by atoms with van der Waals surface area (Å²) in [6.45, 7) is 0.952. The Kier molecular flexibility index (Phi) is 6.23. The van der Waals surface area contributed by atoms with Crippen molar-refractivity contribution in [1.82, 2.24) is 5.32 Å². The van der Waals surface area contributed by atoms with Crippen molar-refractivity contribution in [3.63, 3.8) is 0 Å². The molecule has 0 unspecified atom stereocenters. The van der Waals surface area contributed by atoms with Crippen LogP contribution >= 0.6 is 22.6 Å². The largest absolute Gasteiger partial charge is 0.507 e. The van der Waals surface area contributed by atoms with E-state index in [4.69, 9.17) is 9.84 Å². The highest BCUT2D eigenvalue weighted by Gasteiger charge is 2.07. The van der Waals surface area contributed by atoms with Crippen LogP contribution in [-0.2, 0) is 4.74 Å². The summed E-state index contributed by atoms with van der Waals surface area (Å²) in [6, 6.07) is 4.74. The number of hydrogen-bond acceptors (Lipinski definition) is 4. The quantitative estimate of drug-likeness (QED) is 0.522. The normalized spacial score (nSPS) is 10.2. The Labute approximate surface area is 113 Å². The van der Waals surface area contributed by atoms with Crippen LogP contribution in [-0.4, -0.2) is 42.5 Å². The molecule has 1 aromatic rings. The second-order valence-electron chi connectivity index (χ2n) is 3.26. The van der Waals surface area contributed by atoms with Crippen molar-refractivity contribution < 1.29 is 19.7 Å². The maximum absolute atomic E-state index is 11.6. The summed E-state index contributed by atoms with van der Waals surface area (Å²) >= 11 is 1.98. The molecule has 0 aliphatic rings. The van der Waals surface area contributed by atoms with Crippen molar-refractivity contribution >= 4 is 28.5 Å². The van der Waals surface area contributed by atoms with Crippen LogP contribution in [0.2, 0.25) is 0 Å². The summed E-state index contributed by atoms with van der Waals surface area (Å²) in [4.78, 5) is 11.6. The van der Waals surface area contributed by atoms with Crippen LogP contribution in [0.4, 0.5) is 0 Å². The van der Waals surface area contributed by atoms with Gasteiger partial charge in [-0.05, 0) is 40.8 Å². The summed E-state index contributed by atoms with van der Waals surface area (Å²) in [5.74, 6) is -0.168. The Hall–Kier alpha value is -0.860. The first-order chi connectivity index (χ1) is 8.15. The lowest BCUT2D eigenvalue weighted by Gasteiger charge is -2.06. The number of aliphatic hydroxyl groups is 1. The van der Waals surface area contributed by atoms with E-state index in [0.29, 0.717) is 22.3 Å². The molecule has 0 atom stereocenters. The highest BCUT2D eigenvalue weighted by atomic mass is 127. The van der Waals surface area contributed by atoms with Gasteiger partial charge in [-0.25, -0.2) is 0 Å². The number of halogens is 1. The second kappa shape index (κ2) is 7.46. The lowest BCUT2D eigenvalue weighted by Crippen LogP contribution is -2.27. The van der Waals surface area contributed by atoms with E-state index >= 15 is 0 Å². The van der Waals surface area contributed by atoms with Gasteiger partial charge in [-0.1, -0.05) is 0 Å². The molecule has 0 aliphatic heterocycles. The smallest absolute Gasteiger partial charge is 0.251 e. The molecule has 0 saturated carbocycles. The standard InChI is InChI=1S/C11H14INO4/c12-9-2-1-8(7-10(9)15)11(16)13-3-5-17-6-4-14/h1-2,7,14-15H,3-6H2,(H,13,16). The number of hydrogen-bond donors (Lipinski definition) is 3. The number of benzene rings is 1. The molecule has 1 aromatic carbocycles. The zero-order valence-corrected chi connectivity index (χ0v) is 11.3. The summed E-state index contributed by atoms with van der Waals surface area (Å²) in [5.41, 5.74) is 0.407. The fourth-order valence-electron chi connectivity index (χ4n) is 1.16. The lowest BCUT2D eigenvalue weighted by molar-refractivity contribution is 0.0838. The van der Waals surface area contributed by atoms with Gasteiger partial charge in [0, 0.05) is 12.1 Å². The predicted molar refractivity (Wildman–Crippen MR) is 71.1 cm³/mol. The minimum Gasteiger partial charge on any atom is -0.507 e. The summed E-state index contributed by atoms with van der Waals surface area (Å²) in [6.07, 6.45) is 0. The number of carbonyl (C=O) groups excluding carboxylic acids is 1. The topological polar surface area (TPSA) is 78.8 Å². The fraction of sp³-hybridized carbons (Fsp3) is 0.364. The molecule has 0 spiro atoms. The Morgan fingerprint density at radius 1 is 1.41 bits per heavy atom. The zero-order chi connectivity index (χ0) is 12.7. The van der Waals surface area contributed by atoms with E-state index in [2.05, 4.69) is 5.32 Å². The van der Waals surface area contributed by atoms with Crippen LogP contribution in [0.15, 0.2) is 18.2 Å². The van der Waals surface area contributed by atoms with Crippen molar-refractivity contribution in [1.29, 1.82) is 0 Å². The van der Waals surface area contributed by atoms with Crippen LogP contribution in [0.3, 0.4) is 0 Å². The number of nitrogens with one attached hydrogen (secondary N) is 1. The van der Waals surface area contributed by atoms with Crippen molar-refractivity contribution in [2.75, 3.05) is 26.4 Å². The Balaban J connectivity index is 2.39. The first kappa shape index (κ1) is 14.2. The minimum absolute atomic E-state index is 0.0288. The molecule has 0 saturated heterocycles. The van der Waals surface area contributed by atoms with E-state index in [1.54, 1.807) is 12.1 Å². The fourth-order valence-corrected chi connectivity index (χ4v) is 1.49. The summed E-state index contributed by atoms with van der Waals surface area (Å²) in [7, 11) is 0. The minimum atomic E-state index is -0.260. The average molecular weight is 351 g/mol. The van der Waals surface area contributed by atoms with E-state index in [1.165, 1.54) is 6.07 Å². The van der Waals surface area contributed by atoms with Gasteiger partial charge >= 0.3 is 0 Å². The predicted octanol–water partition coefficient (Wildman–Crippen LogP) is 0.735. The van der Waals surface area contributed by atoms with Gasteiger partial charge in [0.2, 0.25) is 0 Å². The van der Waals surface area contributed by atoms with E-state index in [9.17, 15) is 9.90 Å². The maximum Gasteiger partial charge on any atom is 0.251 e.